The summed E-state index contributed by atoms with van der Waals surface area (Å²) in [4.78, 5) is 16.0. The Hall–Kier alpha value is -1.66. The number of amides is 1. The van der Waals surface area contributed by atoms with Crippen LogP contribution in [0.3, 0.4) is 0 Å². The van der Waals surface area contributed by atoms with Crippen LogP contribution in [0.1, 0.15) is 10.4 Å². The highest BCUT2D eigenvalue weighted by Crippen LogP contribution is 2.21. The fourth-order valence-electron chi connectivity index (χ4n) is 2.32. The van der Waals surface area contributed by atoms with E-state index in [0.29, 0.717) is 32.7 Å². The molecule has 1 amide bonds. The number of benzene rings is 1. The molecule has 1 aromatic carbocycles. The van der Waals surface area contributed by atoms with Crippen LogP contribution in [0, 0.1) is 5.82 Å². The number of halogens is 1. The van der Waals surface area contributed by atoms with E-state index in [-0.39, 0.29) is 23.8 Å². The minimum Gasteiger partial charge on any atom is -0.494 e. The van der Waals surface area contributed by atoms with Gasteiger partial charge in [-0.15, -0.1) is 0 Å². The van der Waals surface area contributed by atoms with Crippen LogP contribution in [0.25, 0.3) is 0 Å². The predicted octanol–water partition coefficient (Wildman–Crippen LogP) is 0.584. The monoisotopic (exact) mass is 282 g/mol. The molecule has 1 saturated heterocycles. The number of carbonyl (C=O) groups is 1. The summed E-state index contributed by atoms with van der Waals surface area (Å²) in [6, 6.07) is 4.57. The van der Waals surface area contributed by atoms with E-state index < -0.39 is 5.82 Å². The first-order valence-corrected chi connectivity index (χ1v) is 6.62. The summed E-state index contributed by atoms with van der Waals surface area (Å²) in [7, 11) is 1.38. The second-order valence-electron chi connectivity index (χ2n) is 4.68. The minimum atomic E-state index is -0.613. The minimum absolute atomic E-state index is 0.0416. The van der Waals surface area contributed by atoms with Crippen LogP contribution in [0.15, 0.2) is 18.2 Å². The summed E-state index contributed by atoms with van der Waals surface area (Å²) in [5, 5.41) is 8.88. The van der Waals surface area contributed by atoms with E-state index in [1.807, 2.05) is 0 Å². The van der Waals surface area contributed by atoms with Gasteiger partial charge in [0, 0.05) is 32.7 Å². The quantitative estimate of drug-likeness (QED) is 0.878. The lowest BCUT2D eigenvalue weighted by Gasteiger charge is -2.34. The van der Waals surface area contributed by atoms with Gasteiger partial charge in [0.2, 0.25) is 0 Å². The van der Waals surface area contributed by atoms with Gasteiger partial charge in [0.15, 0.2) is 11.6 Å². The largest absolute Gasteiger partial charge is 0.494 e. The Balaban J connectivity index is 2.06. The lowest BCUT2D eigenvalue weighted by atomic mass is 10.1. The highest BCUT2D eigenvalue weighted by Gasteiger charge is 2.24. The normalized spacial score (nSPS) is 16.2. The summed E-state index contributed by atoms with van der Waals surface area (Å²) in [5.41, 5.74) is 0.0416. The molecular weight excluding hydrogens is 263 g/mol. The molecule has 0 saturated carbocycles. The van der Waals surface area contributed by atoms with Gasteiger partial charge in [-0.1, -0.05) is 6.07 Å². The Morgan fingerprint density at radius 1 is 1.35 bits per heavy atom. The molecule has 0 bridgehead atoms. The number of methoxy groups -OCH3 is 1. The number of aliphatic hydroxyl groups excluding tert-OH is 1. The van der Waals surface area contributed by atoms with Crippen LogP contribution in [-0.4, -0.2) is 67.3 Å². The van der Waals surface area contributed by atoms with Crippen molar-refractivity contribution in [3.63, 3.8) is 0 Å². The topological polar surface area (TPSA) is 53.0 Å². The summed E-state index contributed by atoms with van der Waals surface area (Å²) < 4.78 is 19.0. The molecule has 5 nitrogen and oxygen atoms in total. The van der Waals surface area contributed by atoms with Gasteiger partial charge < -0.3 is 14.7 Å². The van der Waals surface area contributed by atoms with Crippen LogP contribution in [0.4, 0.5) is 4.39 Å². The van der Waals surface area contributed by atoms with Crippen molar-refractivity contribution in [2.24, 2.45) is 0 Å². The molecule has 0 aromatic heterocycles. The maximum atomic E-state index is 14.1. The number of aliphatic hydroxyl groups is 1. The molecule has 1 fully saturated rings. The fraction of sp³-hybridized carbons (Fsp3) is 0.500. The molecule has 0 unspecified atom stereocenters. The average Bonchev–Trinajstić information content (AvgIpc) is 2.48. The van der Waals surface area contributed by atoms with Crippen LogP contribution >= 0.6 is 0 Å². The van der Waals surface area contributed by atoms with E-state index in [4.69, 9.17) is 9.84 Å². The Labute approximate surface area is 117 Å². The Bertz CT molecular complexity index is 473. The third kappa shape index (κ3) is 3.08. The third-order valence-corrected chi connectivity index (χ3v) is 3.49. The number of hydrogen-bond donors (Lipinski definition) is 1. The standard InChI is InChI=1S/C14H19FN2O3/c1-20-12-4-2-3-11(13(12)15)14(19)17-7-5-16(6-8-17)9-10-18/h2-4,18H,5-10H2,1H3. The molecule has 1 aliphatic heterocycles. The highest BCUT2D eigenvalue weighted by atomic mass is 19.1. The lowest BCUT2D eigenvalue weighted by molar-refractivity contribution is 0.0610. The SMILES string of the molecule is COc1cccc(C(=O)N2CCN(CCO)CC2)c1F. The molecule has 0 spiro atoms. The van der Waals surface area contributed by atoms with E-state index in [2.05, 4.69) is 4.90 Å². The molecule has 0 atom stereocenters. The number of β-amino-alcohol motifs (C(OH)–C–C–N with tert-alkyl or cyclic N) is 1. The van der Waals surface area contributed by atoms with Crippen molar-refractivity contribution in [2.75, 3.05) is 46.4 Å². The Morgan fingerprint density at radius 3 is 2.65 bits per heavy atom. The first-order chi connectivity index (χ1) is 9.67. The van der Waals surface area contributed by atoms with Crippen molar-refractivity contribution >= 4 is 5.91 Å². The molecule has 0 radical (unpaired) electrons. The maximum absolute atomic E-state index is 14.1. The average molecular weight is 282 g/mol. The van der Waals surface area contributed by atoms with Gasteiger partial charge >= 0.3 is 0 Å². The second kappa shape index (κ2) is 6.67. The van der Waals surface area contributed by atoms with E-state index in [9.17, 15) is 9.18 Å². The van der Waals surface area contributed by atoms with Crippen molar-refractivity contribution in [2.45, 2.75) is 0 Å². The van der Waals surface area contributed by atoms with Gasteiger partial charge in [-0.3, -0.25) is 9.69 Å². The Kier molecular flexibility index (Phi) is 4.92. The summed E-state index contributed by atoms with van der Waals surface area (Å²) in [6.45, 7) is 3.18. The highest BCUT2D eigenvalue weighted by molar-refractivity contribution is 5.95. The second-order valence-corrected chi connectivity index (χ2v) is 4.68. The zero-order valence-electron chi connectivity index (χ0n) is 11.5. The molecule has 1 aliphatic rings. The van der Waals surface area contributed by atoms with E-state index in [1.54, 1.807) is 11.0 Å². The van der Waals surface area contributed by atoms with E-state index in [1.165, 1.54) is 19.2 Å². The Morgan fingerprint density at radius 2 is 2.05 bits per heavy atom. The number of rotatable bonds is 4. The van der Waals surface area contributed by atoms with Crippen LogP contribution < -0.4 is 4.74 Å². The number of ether oxygens (including phenoxy) is 1. The zero-order valence-corrected chi connectivity index (χ0v) is 11.5. The number of piperazine rings is 1. The lowest BCUT2D eigenvalue weighted by Crippen LogP contribution is -2.49. The van der Waals surface area contributed by atoms with Gasteiger partial charge in [-0.2, -0.15) is 0 Å². The molecule has 6 heteroatoms. The van der Waals surface area contributed by atoms with Crippen molar-refractivity contribution in [1.82, 2.24) is 9.80 Å². The third-order valence-electron chi connectivity index (χ3n) is 3.49. The van der Waals surface area contributed by atoms with Crippen LogP contribution in [0.2, 0.25) is 0 Å². The summed E-state index contributed by atoms with van der Waals surface area (Å²) in [5.74, 6) is -0.849. The molecule has 20 heavy (non-hydrogen) atoms. The van der Waals surface area contributed by atoms with Crippen molar-refractivity contribution < 1.29 is 19.0 Å². The van der Waals surface area contributed by atoms with Crippen molar-refractivity contribution in [1.29, 1.82) is 0 Å². The van der Waals surface area contributed by atoms with Crippen molar-refractivity contribution in [3.8, 4) is 5.75 Å². The van der Waals surface area contributed by atoms with E-state index in [0.717, 1.165) is 0 Å². The number of carbonyl (C=O) groups excluding carboxylic acids is 1. The molecule has 2 rings (SSSR count). The van der Waals surface area contributed by atoms with Crippen LogP contribution in [0.5, 0.6) is 5.75 Å². The number of nitrogens with zero attached hydrogens (tertiary/aromatic N) is 2. The molecule has 0 aliphatic carbocycles. The van der Waals surface area contributed by atoms with Gasteiger partial charge in [-0.05, 0) is 12.1 Å². The predicted molar refractivity (Wildman–Crippen MR) is 72.4 cm³/mol. The fourth-order valence-corrected chi connectivity index (χ4v) is 2.32. The van der Waals surface area contributed by atoms with E-state index >= 15 is 0 Å². The summed E-state index contributed by atoms with van der Waals surface area (Å²) >= 11 is 0. The molecule has 110 valence electrons. The molecular formula is C14H19FN2O3. The molecule has 1 N–H and O–H groups in total. The number of hydrogen-bond acceptors (Lipinski definition) is 4. The van der Waals surface area contributed by atoms with Crippen LogP contribution in [-0.2, 0) is 0 Å². The summed E-state index contributed by atoms with van der Waals surface area (Å²) in [6.07, 6.45) is 0. The smallest absolute Gasteiger partial charge is 0.257 e. The first kappa shape index (κ1) is 14.7. The van der Waals surface area contributed by atoms with Gasteiger partial charge in [-0.25, -0.2) is 4.39 Å². The zero-order chi connectivity index (χ0) is 14.5. The first-order valence-electron chi connectivity index (χ1n) is 6.62. The van der Waals surface area contributed by atoms with Gasteiger partial charge in [0.1, 0.15) is 0 Å². The molecule has 1 aromatic rings. The van der Waals surface area contributed by atoms with Crippen molar-refractivity contribution in [3.05, 3.63) is 29.6 Å². The maximum Gasteiger partial charge on any atom is 0.257 e. The molecule has 1 heterocycles. The van der Waals surface area contributed by atoms with Gasteiger partial charge in [0.05, 0.1) is 19.3 Å². The van der Waals surface area contributed by atoms with Gasteiger partial charge in [0.25, 0.3) is 5.91 Å².